The van der Waals surface area contributed by atoms with Crippen LogP contribution in [-0.4, -0.2) is 37.1 Å². The molecule has 2 atom stereocenters. The Bertz CT molecular complexity index is 469. The number of rotatable bonds is 2. The van der Waals surface area contributed by atoms with E-state index in [0.29, 0.717) is 12.5 Å². The molecule has 0 aromatic heterocycles. The van der Waals surface area contributed by atoms with Gasteiger partial charge in [-0.1, -0.05) is 22.0 Å². The van der Waals surface area contributed by atoms with Crippen molar-refractivity contribution in [2.24, 2.45) is 0 Å². The lowest BCUT2D eigenvalue weighted by molar-refractivity contribution is 0.255. The lowest BCUT2D eigenvalue weighted by atomic mass is 10.1. The third kappa shape index (κ3) is 3.49. The van der Waals surface area contributed by atoms with Crippen molar-refractivity contribution in [2.45, 2.75) is 31.8 Å². The first-order valence-electron chi connectivity index (χ1n) is 6.71. The Kier molecular flexibility index (Phi) is 4.84. The highest BCUT2D eigenvalue weighted by atomic mass is 79.9. The Morgan fingerprint density at radius 2 is 2.26 bits per heavy atom. The van der Waals surface area contributed by atoms with Crippen molar-refractivity contribution in [3.63, 3.8) is 0 Å². The Hall–Kier alpha value is -1.05. The Balaban J connectivity index is 2.27. The summed E-state index contributed by atoms with van der Waals surface area (Å²) in [4.78, 5) is 4.74. The van der Waals surface area contributed by atoms with Gasteiger partial charge in [0.05, 0.1) is 18.5 Å². The van der Waals surface area contributed by atoms with Gasteiger partial charge in [0.2, 0.25) is 0 Å². The molecule has 0 N–H and O–H groups in total. The van der Waals surface area contributed by atoms with E-state index in [1.165, 1.54) is 5.69 Å². The van der Waals surface area contributed by atoms with E-state index in [2.05, 4.69) is 64.0 Å². The van der Waals surface area contributed by atoms with E-state index in [-0.39, 0.29) is 6.04 Å². The predicted octanol–water partition coefficient (Wildman–Crippen LogP) is 3.26. The molecule has 0 bridgehead atoms. The summed E-state index contributed by atoms with van der Waals surface area (Å²) < 4.78 is 1.09. The van der Waals surface area contributed by atoms with Crippen molar-refractivity contribution < 1.29 is 0 Å². The van der Waals surface area contributed by atoms with Crippen LogP contribution in [0.15, 0.2) is 28.7 Å². The fourth-order valence-corrected chi connectivity index (χ4v) is 3.00. The van der Waals surface area contributed by atoms with Gasteiger partial charge in [0.1, 0.15) is 0 Å². The molecule has 0 spiro atoms. The summed E-state index contributed by atoms with van der Waals surface area (Å²) in [5.74, 6) is 0. The molecule has 0 amide bonds. The van der Waals surface area contributed by atoms with Gasteiger partial charge >= 0.3 is 0 Å². The molecule has 1 aliphatic heterocycles. The van der Waals surface area contributed by atoms with Gasteiger partial charge in [-0.05, 0) is 38.6 Å². The first kappa shape index (κ1) is 14.4. The van der Waals surface area contributed by atoms with Gasteiger partial charge < -0.3 is 9.80 Å². The molecule has 1 heterocycles. The van der Waals surface area contributed by atoms with Crippen LogP contribution >= 0.6 is 15.9 Å². The maximum atomic E-state index is 9.08. The van der Waals surface area contributed by atoms with Gasteiger partial charge in [-0.2, -0.15) is 5.26 Å². The molecule has 102 valence electrons. The summed E-state index contributed by atoms with van der Waals surface area (Å²) in [5.41, 5.74) is 1.21. The van der Waals surface area contributed by atoms with Crippen LogP contribution in [0.2, 0.25) is 0 Å². The number of benzene rings is 1. The van der Waals surface area contributed by atoms with E-state index >= 15 is 0 Å². The monoisotopic (exact) mass is 321 g/mol. The van der Waals surface area contributed by atoms with Crippen molar-refractivity contribution in [3.05, 3.63) is 28.7 Å². The number of anilines is 1. The summed E-state index contributed by atoms with van der Waals surface area (Å²) in [6.45, 7) is 4.21. The van der Waals surface area contributed by atoms with Crippen LogP contribution in [0.25, 0.3) is 0 Å². The van der Waals surface area contributed by atoms with E-state index in [0.717, 1.165) is 24.0 Å². The van der Waals surface area contributed by atoms with Crippen LogP contribution in [-0.2, 0) is 0 Å². The average molecular weight is 322 g/mol. The van der Waals surface area contributed by atoms with Crippen LogP contribution in [0.4, 0.5) is 5.69 Å². The second kappa shape index (κ2) is 6.40. The van der Waals surface area contributed by atoms with Crippen LogP contribution in [0, 0.1) is 11.3 Å². The first-order chi connectivity index (χ1) is 9.11. The van der Waals surface area contributed by atoms with Crippen molar-refractivity contribution in [2.75, 3.05) is 25.0 Å². The van der Waals surface area contributed by atoms with Crippen LogP contribution in [0.1, 0.15) is 19.8 Å². The van der Waals surface area contributed by atoms with Crippen molar-refractivity contribution in [3.8, 4) is 6.07 Å². The van der Waals surface area contributed by atoms with Gasteiger partial charge in [-0.3, -0.25) is 0 Å². The van der Waals surface area contributed by atoms with Gasteiger partial charge in [-0.25, -0.2) is 0 Å². The molecular weight excluding hydrogens is 302 g/mol. The molecule has 1 aliphatic rings. The quantitative estimate of drug-likeness (QED) is 0.837. The number of halogens is 1. The molecule has 1 fully saturated rings. The van der Waals surface area contributed by atoms with Gasteiger partial charge in [0.25, 0.3) is 0 Å². The number of nitriles is 1. The second-order valence-corrected chi connectivity index (χ2v) is 6.18. The minimum absolute atomic E-state index is 0.272. The third-order valence-electron chi connectivity index (χ3n) is 3.95. The summed E-state index contributed by atoms with van der Waals surface area (Å²) in [6.07, 6.45) is 1.70. The minimum atomic E-state index is 0.272. The van der Waals surface area contributed by atoms with Crippen LogP contribution < -0.4 is 4.90 Å². The fourth-order valence-electron chi connectivity index (χ4n) is 2.61. The maximum absolute atomic E-state index is 9.08. The van der Waals surface area contributed by atoms with Gasteiger partial charge in [-0.15, -0.1) is 0 Å². The van der Waals surface area contributed by atoms with Gasteiger partial charge in [0.15, 0.2) is 0 Å². The fraction of sp³-hybridized carbons (Fsp3) is 0.533. The lowest BCUT2D eigenvalue weighted by Crippen LogP contribution is -2.40. The zero-order valence-corrected chi connectivity index (χ0v) is 13.1. The average Bonchev–Trinajstić information content (AvgIpc) is 2.51. The summed E-state index contributed by atoms with van der Waals surface area (Å²) in [7, 11) is 2.15. The van der Waals surface area contributed by atoms with Crippen LogP contribution in [0.3, 0.4) is 0 Å². The second-order valence-electron chi connectivity index (χ2n) is 5.27. The van der Waals surface area contributed by atoms with Crippen molar-refractivity contribution >= 4 is 21.6 Å². The topological polar surface area (TPSA) is 30.3 Å². The molecule has 3 nitrogen and oxygen atoms in total. The zero-order chi connectivity index (χ0) is 13.8. The van der Waals surface area contributed by atoms with Crippen molar-refractivity contribution in [1.82, 2.24) is 4.90 Å². The SMILES string of the molecule is CC1CCN(c2cccc(Br)c2)C(CC#N)CN1C. The molecule has 1 aromatic rings. The van der Waals surface area contributed by atoms with E-state index in [1.54, 1.807) is 0 Å². The molecule has 0 saturated carbocycles. The third-order valence-corrected chi connectivity index (χ3v) is 4.44. The number of hydrogen-bond donors (Lipinski definition) is 0. The number of likely N-dealkylation sites (N-methyl/N-ethyl adjacent to an activating group) is 1. The highest BCUT2D eigenvalue weighted by Crippen LogP contribution is 2.26. The van der Waals surface area contributed by atoms with E-state index in [9.17, 15) is 0 Å². The summed E-state index contributed by atoms with van der Waals surface area (Å²) in [5, 5.41) is 9.08. The highest BCUT2D eigenvalue weighted by Gasteiger charge is 2.26. The Morgan fingerprint density at radius 3 is 2.95 bits per heavy atom. The lowest BCUT2D eigenvalue weighted by Gasteiger charge is -2.31. The normalized spacial score (nSPS) is 24.8. The number of hydrogen-bond acceptors (Lipinski definition) is 3. The largest absolute Gasteiger partial charge is 0.366 e. The van der Waals surface area contributed by atoms with E-state index in [4.69, 9.17) is 5.26 Å². The zero-order valence-electron chi connectivity index (χ0n) is 11.5. The van der Waals surface area contributed by atoms with E-state index < -0.39 is 0 Å². The molecule has 0 radical (unpaired) electrons. The summed E-state index contributed by atoms with van der Waals surface area (Å²) in [6, 6.07) is 11.5. The minimum Gasteiger partial charge on any atom is -0.366 e. The highest BCUT2D eigenvalue weighted by molar-refractivity contribution is 9.10. The van der Waals surface area contributed by atoms with Crippen LogP contribution in [0.5, 0.6) is 0 Å². The molecule has 19 heavy (non-hydrogen) atoms. The number of nitrogens with zero attached hydrogens (tertiary/aromatic N) is 3. The molecule has 2 unspecified atom stereocenters. The van der Waals surface area contributed by atoms with Gasteiger partial charge in [0, 0.05) is 29.3 Å². The standard InChI is InChI=1S/C15H20BrN3/c1-12-7-9-19(14-5-3-4-13(16)10-14)15(6-8-17)11-18(12)2/h3-5,10,12,15H,6-7,9,11H2,1-2H3. The predicted molar refractivity (Wildman–Crippen MR) is 82.2 cm³/mol. The molecule has 1 saturated heterocycles. The molecule has 0 aliphatic carbocycles. The van der Waals surface area contributed by atoms with Crippen molar-refractivity contribution in [1.29, 1.82) is 5.26 Å². The Labute approximate surface area is 123 Å². The maximum Gasteiger partial charge on any atom is 0.0643 e. The molecular formula is C15H20BrN3. The first-order valence-corrected chi connectivity index (χ1v) is 7.50. The molecule has 2 rings (SSSR count). The van der Waals surface area contributed by atoms with E-state index in [1.807, 2.05) is 6.07 Å². The summed E-state index contributed by atoms with van der Waals surface area (Å²) >= 11 is 3.53. The molecule has 1 aromatic carbocycles. The Morgan fingerprint density at radius 1 is 1.47 bits per heavy atom. The smallest absolute Gasteiger partial charge is 0.0643 e. The molecule has 4 heteroatoms.